The highest BCUT2D eigenvalue weighted by Crippen LogP contribution is 2.43. The van der Waals surface area contributed by atoms with Crippen LogP contribution >= 0.6 is 0 Å². The second-order valence-electron chi connectivity index (χ2n) is 7.06. The Morgan fingerprint density at radius 2 is 1.92 bits per heavy atom. The highest BCUT2D eigenvalue weighted by Gasteiger charge is 2.38. The number of hydrogen-bond acceptors (Lipinski definition) is 2. The van der Waals surface area contributed by atoms with Gasteiger partial charge in [0, 0.05) is 12.0 Å². The second kappa shape index (κ2) is 7.26. The van der Waals surface area contributed by atoms with Gasteiger partial charge in [0.15, 0.2) is 0 Å². The van der Waals surface area contributed by atoms with Crippen LogP contribution in [0.5, 0.6) is 5.75 Å². The Morgan fingerprint density at radius 3 is 2.56 bits per heavy atom. The van der Waals surface area contributed by atoms with Gasteiger partial charge in [-0.3, -0.25) is 4.79 Å². The molecule has 2 aromatic carbocycles. The van der Waals surface area contributed by atoms with Gasteiger partial charge in [-0.05, 0) is 67.9 Å². The highest BCUT2D eigenvalue weighted by atomic mass is 19.1. The average Bonchev–Trinajstić information content (AvgIpc) is 3.26. The maximum atomic E-state index is 14.2. The fraction of sp³-hybridized carbons (Fsp3) is 0.381. The SMILES string of the molecule is CC(C)Oc1ccc(F)c(-c2ccc(C[C@H]3C[C@H]3CC(=O)O)cc2)c1. The normalized spacial score (nSPS) is 19.0. The maximum absolute atomic E-state index is 14.2. The molecule has 4 heteroatoms. The standard InChI is InChI=1S/C21H23FO3/c1-13(2)25-18-7-8-20(22)19(12-18)15-5-3-14(4-6-15)9-16-10-17(16)11-21(23)24/h3-8,12-13,16-17H,9-11H2,1-2H3,(H,23,24)/t16-,17-/m0/s1. The zero-order valence-corrected chi connectivity index (χ0v) is 14.5. The zero-order valence-electron chi connectivity index (χ0n) is 14.5. The molecule has 1 aliphatic rings. The molecule has 0 bridgehead atoms. The van der Waals surface area contributed by atoms with Crippen molar-refractivity contribution in [3.8, 4) is 16.9 Å². The summed E-state index contributed by atoms with van der Waals surface area (Å²) in [4.78, 5) is 10.7. The molecular weight excluding hydrogens is 319 g/mol. The summed E-state index contributed by atoms with van der Waals surface area (Å²) in [5.41, 5.74) is 2.50. The van der Waals surface area contributed by atoms with Gasteiger partial charge in [0.05, 0.1) is 6.10 Å². The molecule has 3 rings (SSSR count). The first-order valence-corrected chi connectivity index (χ1v) is 8.69. The van der Waals surface area contributed by atoms with Crippen LogP contribution in [0.25, 0.3) is 11.1 Å². The quantitative estimate of drug-likeness (QED) is 0.776. The Balaban J connectivity index is 1.69. The van der Waals surface area contributed by atoms with E-state index >= 15 is 0 Å². The van der Waals surface area contributed by atoms with E-state index in [-0.39, 0.29) is 18.3 Å². The minimum absolute atomic E-state index is 0.0398. The minimum atomic E-state index is -0.721. The smallest absolute Gasteiger partial charge is 0.303 e. The van der Waals surface area contributed by atoms with Crippen LogP contribution in [0.2, 0.25) is 0 Å². The molecule has 132 valence electrons. The molecule has 1 saturated carbocycles. The fourth-order valence-corrected chi connectivity index (χ4v) is 3.23. The van der Waals surface area contributed by atoms with Gasteiger partial charge < -0.3 is 9.84 Å². The fourth-order valence-electron chi connectivity index (χ4n) is 3.23. The second-order valence-corrected chi connectivity index (χ2v) is 7.06. The van der Waals surface area contributed by atoms with Crippen LogP contribution in [-0.4, -0.2) is 17.2 Å². The maximum Gasteiger partial charge on any atom is 0.303 e. The van der Waals surface area contributed by atoms with Crippen LogP contribution in [0, 0.1) is 17.7 Å². The van der Waals surface area contributed by atoms with Gasteiger partial charge in [-0.25, -0.2) is 4.39 Å². The number of halogens is 1. The van der Waals surface area contributed by atoms with Gasteiger partial charge in [-0.15, -0.1) is 0 Å². The third-order valence-electron chi connectivity index (χ3n) is 4.58. The van der Waals surface area contributed by atoms with Crippen molar-refractivity contribution in [1.82, 2.24) is 0 Å². The summed E-state index contributed by atoms with van der Waals surface area (Å²) in [6, 6.07) is 12.6. The van der Waals surface area contributed by atoms with Crippen LogP contribution in [0.3, 0.4) is 0 Å². The van der Waals surface area contributed by atoms with Gasteiger partial charge in [-0.1, -0.05) is 24.3 Å². The lowest BCUT2D eigenvalue weighted by molar-refractivity contribution is -0.137. The predicted octanol–water partition coefficient (Wildman–Crippen LogP) is 4.93. The Kier molecular flexibility index (Phi) is 5.07. The van der Waals surface area contributed by atoms with Crippen molar-refractivity contribution < 1.29 is 19.0 Å². The summed E-state index contributed by atoms with van der Waals surface area (Å²) in [6.07, 6.45) is 2.17. The topological polar surface area (TPSA) is 46.5 Å². The van der Waals surface area contributed by atoms with E-state index < -0.39 is 5.97 Å². The van der Waals surface area contributed by atoms with Crippen molar-refractivity contribution in [2.24, 2.45) is 11.8 Å². The van der Waals surface area contributed by atoms with Crippen LogP contribution in [0.4, 0.5) is 4.39 Å². The van der Waals surface area contributed by atoms with E-state index in [1.807, 2.05) is 38.1 Å². The Morgan fingerprint density at radius 1 is 1.20 bits per heavy atom. The van der Waals surface area contributed by atoms with Crippen molar-refractivity contribution in [3.63, 3.8) is 0 Å². The predicted molar refractivity (Wildman–Crippen MR) is 95.2 cm³/mol. The third kappa shape index (κ3) is 4.59. The van der Waals surface area contributed by atoms with Crippen LogP contribution in [0.1, 0.15) is 32.3 Å². The van der Waals surface area contributed by atoms with Crippen molar-refractivity contribution in [2.75, 3.05) is 0 Å². The monoisotopic (exact) mass is 342 g/mol. The molecule has 2 atom stereocenters. The molecule has 0 radical (unpaired) electrons. The number of rotatable bonds is 7. The highest BCUT2D eigenvalue weighted by molar-refractivity contribution is 5.67. The Bertz CT molecular complexity index is 752. The molecular formula is C21H23FO3. The van der Waals surface area contributed by atoms with Crippen LogP contribution in [0.15, 0.2) is 42.5 Å². The molecule has 3 nitrogen and oxygen atoms in total. The zero-order chi connectivity index (χ0) is 18.0. The molecule has 0 spiro atoms. The van der Waals surface area contributed by atoms with Crippen LogP contribution in [-0.2, 0) is 11.2 Å². The molecule has 0 saturated heterocycles. The molecule has 0 aromatic heterocycles. The van der Waals surface area contributed by atoms with Crippen molar-refractivity contribution in [1.29, 1.82) is 0 Å². The summed E-state index contributed by atoms with van der Waals surface area (Å²) < 4.78 is 19.8. The number of carboxylic acids is 1. The molecule has 0 unspecified atom stereocenters. The summed E-state index contributed by atoms with van der Waals surface area (Å²) in [6.45, 7) is 3.88. The van der Waals surface area contributed by atoms with E-state index in [1.165, 1.54) is 6.07 Å². The lowest BCUT2D eigenvalue weighted by atomic mass is 10.0. The first-order valence-electron chi connectivity index (χ1n) is 8.69. The summed E-state index contributed by atoms with van der Waals surface area (Å²) in [5, 5.41) is 8.83. The van der Waals surface area contributed by atoms with Gasteiger partial charge in [-0.2, -0.15) is 0 Å². The van der Waals surface area contributed by atoms with Gasteiger partial charge in [0.1, 0.15) is 11.6 Å². The lowest BCUT2D eigenvalue weighted by Gasteiger charge is -2.12. The number of benzene rings is 2. The van der Waals surface area contributed by atoms with E-state index in [0.717, 1.165) is 24.0 Å². The first-order chi connectivity index (χ1) is 11.9. The van der Waals surface area contributed by atoms with E-state index in [4.69, 9.17) is 9.84 Å². The van der Waals surface area contributed by atoms with Gasteiger partial charge >= 0.3 is 5.97 Å². The van der Waals surface area contributed by atoms with Crippen molar-refractivity contribution >= 4 is 5.97 Å². The van der Waals surface area contributed by atoms with Gasteiger partial charge in [0.25, 0.3) is 0 Å². The molecule has 1 N–H and O–H groups in total. The Labute approximate surface area is 147 Å². The third-order valence-corrected chi connectivity index (χ3v) is 4.58. The van der Waals surface area contributed by atoms with Gasteiger partial charge in [0.2, 0.25) is 0 Å². The largest absolute Gasteiger partial charge is 0.491 e. The molecule has 1 aliphatic carbocycles. The Hall–Kier alpha value is -2.36. The van der Waals surface area contributed by atoms with E-state index in [2.05, 4.69) is 0 Å². The molecule has 2 aromatic rings. The lowest BCUT2D eigenvalue weighted by Crippen LogP contribution is -2.05. The van der Waals surface area contributed by atoms with E-state index in [0.29, 0.717) is 23.1 Å². The molecule has 1 fully saturated rings. The van der Waals surface area contributed by atoms with Crippen molar-refractivity contribution in [3.05, 3.63) is 53.8 Å². The minimum Gasteiger partial charge on any atom is -0.491 e. The molecule has 0 aliphatic heterocycles. The number of carboxylic acid groups (broad SMARTS) is 1. The number of hydrogen-bond donors (Lipinski definition) is 1. The number of carbonyl (C=O) groups is 1. The molecule has 25 heavy (non-hydrogen) atoms. The number of ether oxygens (including phenoxy) is 1. The first kappa shape index (κ1) is 17.5. The van der Waals surface area contributed by atoms with Crippen molar-refractivity contribution in [2.45, 2.75) is 39.2 Å². The van der Waals surface area contributed by atoms with E-state index in [9.17, 15) is 9.18 Å². The average molecular weight is 342 g/mol. The van der Waals surface area contributed by atoms with E-state index in [1.54, 1.807) is 12.1 Å². The molecule has 0 heterocycles. The van der Waals surface area contributed by atoms with Crippen LogP contribution < -0.4 is 4.74 Å². The summed E-state index contributed by atoms with van der Waals surface area (Å²) >= 11 is 0. The summed E-state index contributed by atoms with van der Waals surface area (Å²) in [7, 11) is 0. The number of aliphatic carboxylic acids is 1. The molecule has 0 amide bonds. The summed E-state index contributed by atoms with van der Waals surface area (Å²) in [5.74, 6) is 0.431.